The van der Waals surface area contributed by atoms with Gasteiger partial charge in [0.05, 0.1) is 17.5 Å². The molecule has 1 N–H and O–H groups in total. The maximum Gasteiger partial charge on any atom is 0.257 e. The maximum absolute atomic E-state index is 14.6. The number of hydrogen-bond donors (Lipinski definition) is 1. The maximum atomic E-state index is 14.6. The van der Waals surface area contributed by atoms with Gasteiger partial charge < -0.3 is 15.1 Å². The molecule has 0 bridgehead atoms. The van der Waals surface area contributed by atoms with Crippen molar-refractivity contribution in [3.63, 3.8) is 0 Å². The van der Waals surface area contributed by atoms with Crippen LogP contribution in [0, 0.1) is 11.6 Å². The predicted octanol–water partition coefficient (Wildman–Crippen LogP) is 2.37. The highest BCUT2D eigenvalue weighted by Gasteiger charge is 2.31. The molecule has 2 aliphatic heterocycles. The topological polar surface area (TPSA) is 79.2 Å². The molecule has 0 radical (unpaired) electrons. The molecule has 8 nitrogen and oxygen atoms in total. The molecule has 4 heterocycles. The van der Waals surface area contributed by atoms with Gasteiger partial charge in [-0.25, -0.2) is 23.4 Å². The zero-order valence-corrected chi connectivity index (χ0v) is 18.1. The molecule has 172 valence electrons. The Bertz CT molecular complexity index is 1120. The number of hydrogen-bond acceptors (Lipinski definition) is 6. The van der Waals surface area contributed by atoms with Crippen molar-refractivity contribution in [3.8, 4) is 5.69 Å². The van der Waals surface area contributed by atoms with E-state index in [0.29, 0.717) is 43.4 Å². The molecule has 2 aliphatic rings. The van der Waals surface area contributed by atoms with Crippen LogP contribution in [0.3, 0.4) is 0 Å². The Morgan fingerprint density at radius 2 is 1.76 bits per heavy atom. The summed E-state index contributed by atoms with van der Waals surface area (Å²) in [6.45, 7) is 3.92. The fraction of sp³-hybridized carbons (Fsp3) is 0.391. The van der Waals surface area contributed by atoms with Crippen LogP contribution in [0.25, 0.3) is 5.69 Å². The molecule has 0 unspecified atom stereocenters. The van der Waals surface area contributed by atoms with Crippen molar-refractivity contribution in [1.29, 1.82) is 0 Å². The van der Waals surface area contributed by atoms with Crippen LogP contribution >= 0.6 is 0 Å². The third-order valence-electron chi connectivity index (χ3n) is 6.30. The van der Waals surface area contributed by atoms with Crippen molar-refractivity contribution in [2.75, 3.05) is 44.2 Å². The van der Waals surface area contributed by atoms with Crippen molar-refractivity contribution in [3.05, 3.63) is 65.7 Å². The molecule has 0 spiro atoms. The van der Waals surface area contributed by atoms with Crippen molar-refractivity contribution >= 4 is 11.9 Å². The number of piperazine rings is 1. The number of nitrogens with zero attached hydrogens (tertiary/aromatic N) is 6. The molecule has 33 heavy (non-hydrogen) atoms. The highest BCUT2D eigenvalue weighted by atomic mass is 19.1. The van der Waals surface area contributed by atoms with Crippen LogP contribution in [0.15, 0.2) is 42.9 Å². The summed E-state index contributed by atoms with van der Waals surface area (Å²) >= 11 is 0. The predicted molar refractivity (Wildman–Crippen MR) is 118 cm³/mol. The molecule has 10 heteroatoms. The summed E-state index contributed by atoms with van der Waals surface area (Å²) in [5.41, 5.74) is 1.32. The highest BCUT2D eigenvalue weighted by Crippen LogP contribution is 2.32. The van der Waals surface area contributed by atoms with Gasteiger partial charge in [0.25, 0.3) is 5.91 Å². The minimum absolute atomic E-state index is 0.0520. The smallest absolute Gasteiger partial charge is 0.257 e. The minimum atomic E-state index is -0.705. The Balaban J connectivity index is 1.43. The standard InChI is InChI=1S/C23H25F2N7O/c24-17-2-3-20(19(25)14-17)32-21(16-4-8-26-9-5-16)18(15-29-32)22(33)30-10-12-31(13-11-30)23-27-6-1-7-28-23/h1-3,6-7,14-16,26H,4-5,8-13H2. The second-order valence-electron chi connectivity index (χ2n) is 8.30. The number of carbonyl (C=O) groups is 1. The summed E-state index contributed by atoms with van der Waals surface area (Å²) in [7, 11) is 0. The van der Waals surface area contributed by atoms with Crippen molar-refractivity contribution in [1.82, 2.24) is 30.0 Å². The van der Waals surface area contributed by atoms with Crippen molar-refractivity contribution < 1.29 is 13.6 Å². The zero-order chi connectivity index (χ0) is 22.8. The lowest BCUT2D eigenvalue weighted by molar-refractivity contribution is 0.0744. The van der Waals surface area contributed by atoms with Crippen LogP contribution in [-0.2, 0) is 0 Å². The van der Waals surface area contributed by atoms with Gasteiger partial charge >= 0.3 is 0 Å². The average molecular weight is 453 g/mol. The Morgan fingerprint density at radius 1 is 1.03 bits per heavy atom. The van der Waals surface area contributed by atoms with E-state index in [1.54, 1.807) is 23.4 Å². The number of carbonyl (C=O) groups excluding carboxylic acids is 1. The first kappa shape index (κ1) is 21.4. The Morgan fingerprint density at radius 3 is 2.45 bits per heavy atom. The molecule has 2 aromatic heterocycles. The molecular weight excluding hydrogens is 428 g/mol. The monoisotopic (exact) mass is 453 g/mol. The second-order valence-corrected chi connectivity index (χ2v) is 8.30. The SMILES string of the molecule is O=C(c1cnn(-c2ccc(F)cc2F)c1C1CCNCC1)N1CCN(c2ncccn2)CC1. The lowest BCUT2D eigenvalue weighted by Gasteiger charge is -2.35. The number of nitrogens with one attached hydrogen (secondary N) is 1. The molecule has 2 fully saturated rings. The van der Waals surface area contributed by atoms with E-state index in [9.17, 15) is 13.6 Å². The number of benzene rings is 1. The first-order valence-electron chi connectivity index (χ1n) is 11.2. The van der Waals surface area contributed by atoms with E-state index >= 15 is 0 Å². The number of piperidine rings is 1. The van der Waals surface area contributed by atoms with Crippen LogP contribution < -0.4 is 10.2 Å². The third kappa shape index (κ3) is 4.30. The fourth-order valence-electron chi connectivity index (χ4n) is 4.59. The summed E-state index contributed by atoms with van der Waals surface area (Å²) in [4.78, 5) is 26.0. The van der Waals surface area contributed by atoms with Crippen LogP contribution in [0.5, 0.6) is 0 Å². The van der Waals surface area contributed by atoms with Gasteiger partial charge in [-0.05, 0) is 44.1 Å². The average Bonchev–Trinajstić information content (AvgIpc) is 3.29. The van der Waals surface area contributed by atoms with E-state index in [0.717, 1.165) is 32.0 Å². The molecule has 5 rings (SSSR count). The van der Waals surface area contributed by atoms with Crippen LogP contribution in [0.4, 0.5) is 14.7 Å². The van der Waals surface area contributed by atoms with E-state index in [4.69, 9.17) is 0 Å². The second kappa shape index (κ2) is 9.22. The van der Waals surface area contributed by atoms with Gasteiger partial charge in [-0.3, -0.25) is 4.79 Å². The van der Waals surface area contributed by atoms with Crippen molar-refractivity contribution in [2.24, 2.45) is 0 Å². The van der Waals surface area contributed by atoms with Gasteiger partial charge in [0.1, 0.15) is 11.5 Å². The molecule has 0 atom stereocenters. The van der Waals surface area contributed by atoms with Gasteiger partial charge in [-0.2, -0.15) is 5.10 Å². The number of halogens is 2. The summed E-state index contributed by atoms with van der Waals surface area (Å²) in [6, 6.07) is 5.19. The molecule has 3 aromatic rings. The van der Waals surface area contributed by atoms with Gasteiger partial charge in [0.15, 0.2) is 5.82 Å². The van der Waals surface area contributed by atoms with E-state index in [1.807, 2.05) is 0 Å². The summed E-state index contributed by atoms with van der Waals surface area (Å²) < 4.78 is 29.6. The molecular formula is C23H25F2N7O. The van der Waals surface area contributed by atoms with Gasteiger partial charge in [0, 0.05) is 50.6 Å². The van der Waals surface area contributed by atoms with Crippen LogP contribution in [0.2, 0.25) is 0 Å². The van der Waals surface area contributed by atoms with Crippen molar-refractivity contribution in [2.45, 2.75) is 18.8 Å². The molecule has 0 saturated carbocycles. The number of rotatable bonds is 4. The normalized spacial score (nSPS) is 17.4. The highest BCUT2D eigenvalue weighted by molar-refractivity contribution is 5.95. The lowest BCUT2D eigenvalue weighted by atomic mass is 9.91. The first-order chi connectivity index (χ1) is 16.1. The first-order valence-corrected chi connectivity index (χ1v) is 11.2. The molecule has 2 saturated heterocycles. The van der Waals surface area contributed by atoms with Crippen LogP contribution in [-0.4, -0.2) is 69.8 Å². The largest absolute Gasteiger partial charge is 0.337 e. The minimum Gasteiger partial charge on any atom is -0.337 e. The van der Waals surface area contributed by atoms with E-state index in [-0.39, 0.29) is 17.5 Å². The number of amides is 1. The van der Waals surface area contributed by atoms with E-state index in [2.05, 4.69) is 25.3 Å². The summed E-state index contributed by atoms with van der Waals surface area (Å²) in [6.07, 6.45) is 6.55. The Hall–Kier alpha value is -3.40. The third-order valence-corrected chi connectivity index (χ3v) is 6.30. The Kier molecular flexibility index (Phi) is 5.99. The van der Waals surface area contributed by atoms with E-state index in [1.165, 1.54) is 23.0 Å². The fourth-order valence-corrected chi connectivity index (χ4v) is 4.59. The number of anilines is 1. The summed E-state index contributed by atoms with van der Waals surface area (Å²) in [5.74, 6) is -0.770. The van der Waals surface area contributed by atoms with Gasteiger partial charge in [-0.1, -0.05) is 0 Å². The quantitative estimate of drug-likeness (QED) is 0.654. The Labute approximate surface area is 190 Å². The van der Waals surface area contributed by atoms with Gasteiger partial charge in [0.2, 0.25) is 5.95 Å². The molecule has 1 amide bonds. The van der Waals surface area contributed by atoms with E-state index < -0.39 is 11.6 Å². The lowest BCUT2D eigenvalue weighted by Crippen LogP contribution is -2.49. The number of aromatic nitrogens is 4. The molecule has 0 aliphatic carbocycles. The van der Waals surface area contributed by atoms with Crippen LogP contribution in [0.1, 0.15) is 34.8 Å². The summed E-state index contributed by atoms with van der Waals surface area (Å²) in [5, 5.41) is 7.71. The zero-order valence-electron chi connectivity index (χ0n) is 18.1. The molecule has 1 aromatic carbocycles. The van der Waals surface area contributed by atoms with Gasteiger partial charge in [-0.15, -0.1) is 0 Å².